The molecule has 0 bridgehead atoms. The van der Waals surface area contributed by atoms with Crippen LogP contribution in [0.4, 0.5) is 22.0 Å². The van der Waals surface area contributed by atoms with Crippen molar-refractivity contribution < 1.29 is 64.1 Å². The standard InChI is InChI=1S/C20H14O2.C6HF5O.C3H8O.Ti/c21-17-11-9-13-5-1-3-7-15(13)19(17)20-16-8-4-2-6-14(16)10-12-18(20)22;7-1-2(8)4(10)6(12)5(11)3(1)9;1-3(2)4;/h1-12,21-22H;12H;3-4H,1-2H3;. The van der Waals surface area contributed by atoms with Gasteiger partial charge in [-0.25, -0.2) is 13.2 Å². The van der Waals surface area contributed by atoms with Gasteiger partial charge < -0.3 is 20.4 Å². The second-order valence-electron chi connectivity index (χ2n) is 8.37. The number of aliphatic hydroxyl groups is 1. The van der Waals surface area contributed by atoms with Crippen LogP contribution in [0, 0.1) is 29.1 Å². The van der Waals surface area contributed by atoms with E-state index < -0.39 is 34.8 Å². The minimum Gasteiger partial charge on any atom is -0.507 e. The van der Waals surface area contributed by atoms with Crippen LogP contribution in [0.3, 0.4) is 0 Å². The molecule has 5 rings (SSSR count). The summed E-state index contributed by atoms with van der Waals surface area (Å²) in [5.41, 5.74) is 1.35. The zero-order chi connectivity index (χ0) is 28.1. The van der Waals surface area contributed by atoms with E-state index in [2.05, 4.69) is 0 Å². The maximum absolute atomic E-state index is 12.2. The molecule has 0 spiro atoms. The quantitative estimate of drug-likeness (QED) is 0.0717. The molecule has 5 aromatic rings. The van der Waals surface area contributed by atoms with Crippen molar-refractivity contribution in [1.82, 2.24) is 0 Å². The molecular weight excluding hydrogens is 555 g/mol. The van der Waals surface area contributed by atoms with E-state index in [4.69, 9.17) is 10.2 Å². The summed E-state index contributed by atoms with van der Waals surface area (Å²) in [6.07, 6.45) is -0.167. The fraction of sp³-hybridized carbons (Fsp3) is 0.103. The van der Waals surface area contributed by atoms with Crippen LogP contribution in [0.25, 0.3) is 32.7 Å². The average Bonchev–Trinajstić information content (AvgIpc) is 2.90. The molecule has 0 aliphatic carbocycles. The number of phenolic OH excluding ortho intramolecular Hbond substituents is 3. The van der Waals surface area contributed by atoms with Gasteiger partial charge in [-0.15, -0.1) is 0 Å². The molecule has 202 valence electrons. The third-order valence-electron chi connectivity index (χ3n) is 5.25. The number of benzene rings is 5. The average molecular weight is 578 g/mol. The van der Waals surface area contributed by atoms with E-state index in [1.165, 1.54) is 0 Å². The number of aromatic hydroxyl groups is 3. The van der Waals surface area contributed by atoms with Crippen molar-refractivity contribution in [3.05, 3.63) is 102 Å². The normalized spacial score (nSPS) is 10.4. The van der Waals surface area contributed by atoms with Crippen molar-refractivity contribution in [3.63, 3.8) is 0 Å². The first-order chi connectivity index (χ1) is 18.0. The van der Waals surface area contributed by atoms with Gasteiger partial charge in [0.15, 0.2) is 5.75 Å². The molecule has 0 aliphatic heterocycles. The minimum atomic E-state index is -2.29. The number of halogens is 5. The summed E-state index contributed by atoms with van der Waals surface area (Å²) in [7, 11) is 0. The second-order valence-corrected chi connectivity index (χ2v) is 8.37. The SMILES string of the molecule is CC(C)O.Oc1c(F)c(F)c(F)c(F)c1F.Oc1ccc2ccccc2c1-c1c(O)ccc2ccccc12.[Ti]. The third kappa shape index (κ3) is 6.87. The van der Waals surface area contributed by atoms with Crippen LogP contribution in [0.15, 0.2) is 72.8 Å². The van der Waals surface area contributed by atoms with Gasteiger partial charge >= 0.3 is 0 Å². The Kier molecular flexibility index (Phi) is 10.9. The van der Waals surface area contributed by atoms with Gasteiger partial charge in [-0.3, -0.25) is 0 Å². The topological polar surface area (TPSA) is 80.9 Å². The zero-order valence-corrected chi connectivity index (χ0v) is 22.2. The number of hydrogen-bond acceptors (Lipinski definition) is 4. The number of fused-ring (bicyclic) bond motifs is 2. The predicted molar refractivity (Wildman–Crippen MR) is 135 cm³/mol. The Morgan fingerprint density at radius 3 is 1.18 bits per heavy atom. The van der Waals surface area contributed by atoms with Gasteiger partial charge in [-0.2, -0.15) is 8.78 Å². The molecule has 0 aliphatic rings. The van der Waals surface area contributed by atoms with Crippen LogP contribution < -0.4 is 0 Å². The van der Waals surface area contributed by atoms with E-state index in [0.29, 0.717) is 11.1 Å². The Morgan fingerprint density at radius 1 is 0.513 bits per heavy atom. The van der Waals surface area contributed by atoms with Gasteiger partial charge in [0.2, 0.25) is 29.1 Å². The van der Waals surface area contributed by atoms with Gasteiger partial charge in [-0.05, 0) is 47.5 Å². The summed E-state index contributed by atoms with van der Waals surface area (Å²) in [4.78, 5) is 0. The fourth-order valence-electron chi connectivity index (χ4n) is 3.64. The van der Waals surface area contributed by atoms with Crippen LogP contribution in [0.1, 0.15) is 13.8 Å². The molecule has 4 N–H and O–H groups in total. The molecule has 39 heavy (non-hydrogen) atoms. The third-order valence-corrected chi connectivity index (χ3v) is 5.25. The molecule has 0 amide bonds. The molecule has 0 unspecified atom stereocenters. The van der Waals surface area contributed by atoms with Crippen molar-refractivity contribution in [2.24, 2.45) is 0 Å². The molecule has 0 heterocycles. The van der Waals surface area contributed by atoms with Crippen LogP contribution in [-0.4, -0.2) is 26.5 Å². The Labute approximate surface area is 235 Å². The smallest absolute Gasteiger partial charge is 0.206 e. The Balaban J connectivity index is 0.000000267. The van der Waals surface area contributed by atoms with Crippen molar-refractivity contribution in [3.8, 4) is 28.4 Å². The summed E-state index contributed by atoms with van der Waals surface area (Å²) in [6, 6.07) is 22.9. The van der Waals surface area contributed by atoms with Gasteiger partial charge in [0.1, 0.15) is 11.5 Å². The van der Waals surface area contributed by atoms with Crippen LogP contribution in [-0.2, 0) is 21.7 Å². The summed E-state index contributed by atoms with van der Waals surface area (Å²) < 4.78 is 60.6. The van der Waals surface area contributed by atoms with E-state index in [-0.39, 0.29) is 39.3 Å². The summed E-state index contributed by atoms with van der Waals surface area (Å²) >= 11 is 0. The Hall–Kier alpha value is -3.66. The summed E-state index contributed by atoms with van der Waals surface area (Å²) in [5, 5.41) is 41.1. The van der Waals surface area contributed by atoms with Crippen LogP contribution in [0.5, 0.6) is 17.2 Å². The molecule has 0 atom stereocenters. The van der Waals surface area contributed by atoms with E-state index >= 15 is 0 Å². The molecule has 0 saturated carbocycles. The van der Waals surface area contributed by atoms with E-state index in [1.807, 2.05) is 60.7 Å². The maximum atomic E-state index is 12.2. The molecule has 4 nitrogen and oxygen atoms in total. The van der Waals surface area contributed by atoms with Crippen molar-refractivity contribution >= 4 is 21.5 Å². The minimum absolute atomic E-state index is 0. The van der Waals surface area contributed by atoms with Crippen molar-refractivity contribution in [2.45, 2.75) is 20.0 Å². The van der Waals surface area contributed by atoms with Crippen molar-refractivity contribution in [2.75, 3.05) is 0 Å². The summed E-state index contributed by atoms with van der Waals surface area (Å²) in [5.74, 6) is -12.6. The number of phenols is 3. The first kappa shape index (κ1) is 31.6. The van der Waals surface area contributed by atoms with Crippen molar-refractivity contribution in [1.29, 1.82) is 0 Å². The van der Waals surface area contributed by atoms with E-state index in [0.717, 1.165) is 21.5 Å². The predicted octanol–water partition coefficient (Wildman–Crippen LogP) is 7.54. The molecule has 0 radical (unpaired) electrons. The molecule has 0 fully saturated rings. The maximum Gasteiger partial charge on any atom is 0.206 e. The monoisotopic (exact) mass is 578 g/mol. The first-order valence-electron chi connectivity index (χ1n) is 11.3. The largest absolute Gasteiger partial charge is 0.507 e. The number of rotatable bonds is 1. The molecule has 0 saturated heterocycles. The van der Waals surface area contributed by atoms with Gasteiger partial charge in [-0.1, -0.05) is 60.7 Å². The first-order valence-corrected chi connectivity index (χ1v) is 11.3. The molecule has 10 heteroatoms. The van der Waals surface area contributed by atoms with E-state index in [1.54, 1.807) is 26.0 Å². The van der Waals surface area contributed by atoms with Gasteiger partial charge in [0.05, 0.1) is 0 Å². The number of hydrogen-bond donors (Lipinski definition) is 4. The van der Waals surface area contributed by atoms with Gasteiger partial charge in [0.25, 0.3) is 0 Å². The molecular formula is C29H23F5O4Ti. The second kappa shape index (κ2) is 13.4. The van der Waals surface area contributed by atoms with Crippen LogP contribution >= 0.6 is 0 Å². The Bertz CT molecular complexity index is 1420. The fourth-order valence-corrected chi connectivity index (χ4v) is 3.64. The van der Waals surface area contributed by atoms with Gasteiger partial charge in [0, 0.05) is 38.9 Å². The molecule has 0 aromatic heterocycles. The Morgan fingerprint density at radius 2 is 0.821 bits per heavy atom. The van der Waals surface area contributed by atoms with Crippen LogP contribution in [0.2, 0.25) is 0 Å². The van der Waals surface area contributed by atoms with E-state index in [9.17, 15) is 32.2 Å². The molecule has 5 aromatic carbocycles. The summed E-state index contributed by atoms with van der Waals surface area (Å²) in [6.45, 7) is 3.44. The number of aliphatic hydroxyl groups excluding tert-OH is 1. The zero-order valence-electron chi connectivity index (χ0n) is 20.7.